The first-order valence-corrected chi connectivity index (χ1v) is 9.41. The van der Waals surface area contributed by atoms with E-state index in [1.165, 1.54) is 0 Å². The van der Waals surface area contributed by atoms with Crippen molar-refractivity contribution < 1.29 is 9.72 Å². The van der Waals surface area contributed by atoms with Gasteiger partial charge in [-0.25, -0.2) is 9.98 Å². The van der Waals surface area contributed by atoms with Crippen LogP contribution in [0.4, 0.5) is 15.8 Å². The molecule has 1 aromatic heterocycles. The number of anilines is 2. The summed E-state index contributed by atoms with van der Waals surface area (Å²) in [5, 5.41) is 16.6. The summed E-state index contributed by atoms with van der Waals surface area (Å²) < 4.78 is 0. The van der Waals surface area contributed by atoms with Crippen molar-refractivity contribution in [1.82, 2.24) is 4.98 Å². The summed E-state index contributed by atoms with van der Waals surface area (Å²) in [5.41, 5.74) is 10.1. The number of nitrogens with one attached hydrogen (secondary N) is 2. The predicted molar refractivity (Wildman–Crippen MR) is 111 cm³/mol. The molecule has 0 bridgehead atoms. The Hall–Kier alpha value is -3.63. The van der Waals surface area contributed by atoms with Gasteiger partial charge in [0.05, 0.1) is 4.92 Å². The summed E-state index contributed by atoms with van der Waals surface area (Å²) in [6.45, 7) is 1.88. The van der Waals surface area contributed by atoms with Crippen LogP contribution in [-0.4, -0.2) is 22.0 Å². The molecule has 0 saturated heterocycles. The Labute approximate surface area is 169 Å². The van der Waals surface area contributed by atoms with Crippen LogP contribution < -0.4 is 16.4 Å². The number of thiazole rings is 1. The molecular formula is C19H16N6O3S. The van der Waals surface area contributed by atoms with Gasteiger partial charge in [-0.2, -0.15) is 0 Å². The van der Waals surface area contributed by atoms with E-state index < -0.39 is 16.6 Å². The van der Waals surface area contributed by atoms with E-state index in [1.54, 1.807) is 24.4 Å². The van der Waals surface area contributed by atoms with Crippen molar-refractivity contribution in [2.45, 2.75) is 12.7 Å². The van der Waals surface area contributed by atoms with Crippen LogP contribution in [0.1, 0.15) is 27.0 Å². The molecule has 10 heteroatoms. The van der Waals surface area contributed by atoms with Crippen LogP contribution in [0, 0.1) is 17.0 Å². The second-order valence-corrected chi connectivity index (χ2v) is 7.49. The number of nitro groups is 1. The summed E-state index contributed by atoms with van der Waals surface area (Å²) in [7, 11) is 0. The number of carbonyl (C=O) groups is 1. The van der Waals surface area contributed by atoms with Gasteiger partial charge in [0.2, 0.25) is 5.79 Å². The van der Waals surface area contributed by atoms with Crippen molar-refractivity contribution in [3.05, 3.63) is 81.0 Å². The molecule has 9 nitrogen and oxygen atoms in total. The lowest BCUT2D eigenvalue weighted by molar-refractivity contribution is -0.380. The molecule has 0 aliphatic carbocycles. The van der Waals surface area contributed by atoms with E-state index in [0.29, 0.717) is 11.1 Å². The van der Waals surface area contributed by atoms with E-state index in [2.05, 4.69) is 20.6 Å². The maximum atomic E-state index is 12.6. The van der Waals surface area contributed by atoms with Crippen molar-refractivity contribution >= 4 is 39.3 Å². The number of hydrogen-bond acceptors (Lipinski definition) is 8. The lowest BCUT2D eigenvalue weighted by Crippen LogP contribution is -2.45. The number of carbonyl (C=O) groups excluding carboxylic acids is 1. The minimum atomic E-state index is -1.23. The third-order valence-electron chi connectivity index (χ3n) is 4.50. The number of benzene rings is 2. The van der Waals surface area contributed by atoms with Crippen molar-refractivity contribution in [2.75, 3.05) is 10.6 Å². The zero-order chi connectivity index (χ0) is 20.6. The molecule has 2 aromatic carbocycles. The van der Waals surface area contributed by atoms with Gasteiger partial charge in [-0.3, -0.25) is 26.0 Å². The number of aryl methyl sites for hydroxylation is 1. The van der Waals surface area contributed by atoms with Crippen LogP contribution in [0.25, 0.3) is 0 Å². The Bertz CT molecular complexity index is 1160. The Morgan fingerprint density at radius 1 is 1.31 bits per heavy atom. The van der Waals surface area contributed by atoms with Crippen LogP contribution >= 0.6 is 11.3 Å². The van der Waals surface area contributed by atoms with Gasteiger partial charge in [-0.05, 0) is 42.0 Å². The molecule has 0 fully saturated rings. The fraction of sp³-hybridized carbons (Fsp3) is 0.105. The van der Waals surface area contributed by atoms with E-state index in [-0.39, 0.29) is 10.1 Å². The van der Waals surface area contributed by atoms with Crippen LogP contribution in [0.15, 0.2) is 53.7 Å². The summed E-state index contributed by atoms with van der Waals surface area (Å²) in [4.78, 5) is 31.2. The van der Waals surface area contributed by atoms with Crippen molar-refractivity contribution in [3.63, 3.8) is 0 Å². The van der Waals surface area contributed by atoms with E-state index in [1.807, 2.05) is 31.2 Å². The van der Waals surface area contributed by atoms with E-state index in [0.717, 1.165) is 34.3 Å². The number of nitrogens with zero attached hydrogens (tertiary/aromatic N) is 3. The number of para-hydroxylation sites is 1. The number of hydrogen-bond donors (Lipinski definition) is 3. The minimum absolute atomic E-state index is 0.147. The highest BCUT2D eigenvalue weighted by Crippen LogP contribution is 2.31. The molecule has 0 spiro atoms. The van der Waals surface area contributed by atoms with Crippen LogP contribution in [-0.2, 0) is 5.79 Å². The zero-order valence-electron chi connectivity index (χ0n) is 15.2. The Morgan fingerprint density at radius 3 is 2.86 bits per heavy atom. The molecule has 1 amide bonds. The summed E-state index contributed by atoms with van der Waals surface area (Å²) in [5.74, 6) is -1.67. The molecule has 3 aromatic rings. The summed E-state index contributed by atoms with van der Waals surface area (Å²) >= 11 is 0.788. The SMILES string of the molecule is Cc1ccc(C(=O)Nc2ncc([N+](=O)[O-])s2)cc1C1(N)N=Cc2ccccc2N1. The van der Waals surface area contributed by atoms with E-state index in [4.69, 9.17) is 5.73 Å². The molecule has 1 unspecified atom stereocenters. The first-order chi connectivity index (χ1) is 13.9. The van der Waals surface area contributed by atoms with Gasteiger partial charge in [-0.15, -0.1) is 0 Å². The van der Waals surface area contributed by atoms with Crippen LogP contribution in [0.2, 0.25) is 0 Å². The molecule has 146 valence electrons. The van der Waals surface area contributed by atoms with Crippen molar-refractivity contribution in [3.8, 4) is 0 Å². The number of amides is 1. The van der Waals surface area contributed by atoms with Gasteiger partial charge in [0.15, 0.2) is 5.13 Å². The first kappa shape index (κ1) is 18.7. The van der Waals surface area contributed by atoms with E-state index in [9.17, 15) is 14.9 Å². The second kappa shape index (κ2) is 7.08. The maximum Gasteiger partial charge on any atom is 0.345 e. The van der Waals surface area contributed by atoms with Gasteiger partial charge in [0.25, 0.3) is 5.91 Å². The predicted octanol–water partition coefficient (Wildman–Crippen LogP) is 3.23. The number of rotatable bonds is 4. The fourth-order valence-electron chi connectivity index (χ4n) is 3.02. The molecule has 0 radical (unpaired) electrons. The Balaban J connectivity index is 1.62. The number of fused-ring (bicyclic) bond motifs is 1. The third-order valence-corrected chi connectivity index (χ3v) is 5.36. The monoisotopic (exact) mass is 408 g/mol. The molecule has 29 heavy (non-hydrogen) atoms. The van der Waals surface area contributed by atoms with Gasteiger partial charge in [0.1, 0.15) is 6.20 Å². The normalized spacial score (nSPS) is 17.3. The Kier molecular flexibility index (Phi) is 4.57. The van der Waals surface area contributed by atoms with Gasteiger partial charge >= 0.3 is 5.00 Å². The van der Waals surface area contributed by atoms with Gasteiger partial charge in [0, 0.05) is 28.6 Å². The number of nitrogens with two attached hydrogens (primary N) is 1. The Morgan fingerprint density at radius 2 is 2.10 bits per heavy atom. The quantitative estimate of drug-likeness (QED) is 0.448. The minimum Gasteiger partial charge on any atom is -0.345 e. The van der Waals surface area contributed by atoms with Crippen molar-refractivity contribution in [2.24, 2.45) is 10.7 Å². The molecule has 1 atom stereocenters. The lowest BCUT2D eigenvalue weighted by atomic mass is 9.97. The summed E-state index contributed by atoms with van der Waals surface area (Å²) in [6.07, 6.45) is 2.81. The fourth-order valence-corrected chi connectivity index (χ4v) is 3.65. The van der Waals surface area contributed by atoms with E-state index >= 15 is 0 Å². The van der Waals surface area contributed by atoms with Crippen molar-refractivity contribution in [1.29, 1.82) is 0 Å². The molecule has 0 saturated carbocycles. The highest BCUT2D eigenvalue weighted by atomic mass is 32.1. The molecular weight excluding hydrogens is 392 g/mol. The molecule has 1 aliphatic heterocycles. The van der Waals surface area contributed by atoms with Crippen LogP contribution in [0.5, 0.6) is 0 Å². The summed E-state index contributed by atoms with van der Waals surface area (Å²) in [6, 6.07) is 12.7. The molecule has 4 rings (SSSR count). The molecule has 2 heterocycles. The maximum absolute atomic E-state index is 12.6. The molecule has 4 N–H and O–H groups in total. The number of aromatic nitrogens is 1. The largest absolute Gasteiger partial charge is 0.345 e. The number of aliphatic imine (C=N–C) groups is 1. The molecule has 1 aliphatic rings. The average molecular weight is 408 g/mol. The highest BCUT2D eigenvalue weighted by molar-refractivity contribution is 7.18. The van der Waals surface area contributed by atoms with Gasteiger partial charge in [-0.1, -0.05) is 24.3 Å². The lowest BCUT2D eigenvalue weighted by Gasteiger charge is -2.33. The topological polar surface area (TPSA) is 136 Å². The van der Waals surface area contributed by atoms with Gasteiger partial charge < -0.3 is 5.32 Å². The zero-order valence-corrected chi connectivity index (χ0v) is 16.1. The standard InChI is InChI=1S/C19H16N6O3S/c1-11-6-7-12(17(26)23-18-21-10-16(29-18)25(27)28)8-14(11)19(20)22-9-13-4-2-3-5-15(13)24-19/h2-10,24H,20H2,1H3,(H,21,23,26). The van der Waals surface area contributed by atoms with Crippen LogP contribution in [0.3, 0.4) is 0 Å². The highest BCUT2D eigenvalue weighted by Gasteiger charge is 2.31. The third kappa shape index (κ3) is 3.58. The second-order valence-electron chi connectivity index (χ2n) is 6.48. The average Bonchev–Trinajstić information content (AvgIpc) is 3.17. The smallest absolute Gasteiger partial charge is 0.345 e. The first-order valence-electron chi connectivity index (χ1n) is 8.60.